The van der Waals surface area contributed by atoms with Crippen LogP contribution in [0.2, 0.25) is 0 Å². The maximum atomic E-state index is 11.8. The Balaban J connectivity index is 1.78. The Morgan fingerprint density at radius 3 is 2.67 bits per heavy atom. The van der Waals surface area contributed by atoms with Crippen LogP contribution in [0.4, 0.5) is 5.69 Å². The molecule has 0 radical (unpaired) electrons. The number of hydrogen-bond acceptors (Lipinski definition) is 4. The molecule has 24 heavy (non-hydrogen) atoms. The van der Waals surface area contributed by atoms with Crippen LogP contribution in [0.5, 0.6) is 5.75 Å². The van der Waals surface area contributed by atoms with Crippen molar-refractivity contribution >= 4 is 40.4 Å². The van der Waals surface area contributed by atoms with Gasteiger partial charge in [-0.3, -0.25) is 4.79 Å². The zero-order valence-corrected chi connectivity index (χ0v) is 15.8. The topological polar surface area (TPSA) is 62.7 Å². The first-order chi connectivity index (χ1) is 11.6. The summed E-state index contributed by atoms with van der Waals surface area (Å²) in [6.07, 6.45) is 1.60. The number of carbonyl (C=O) groups is 1. The van der Waals surface area contributed by atoms with Crippen molar-refractivity contribution in [3.8, 4) is 5.75 Å². The molecule has 0 fully saturated rings. The fraction of sp³-hybridized carbons (Fsp3) is 0.222. The molecule has 0 heterocycles. The minimum atomic E-state index is -0.201. The van der Waals surface area contributed by atoms with Crippen LogP contribution in [0.15, 0.2) is 47.6 Å². The molecule has 2 aromatic rings. The van der Waals surface area contributed by atoms with Gasteiger partial charge in [-0.1, -0.05) is 0 Å². The monoisotopic (exact) mass is 437 g/mol. The van der Waals surface area contributed by atoms with Crippen LogP contribution in [0.25, 0.3) is 0 Å². The molecule has 0 unspecified atom stereocenters. The number of nitrogens with zero attached hydrogens (tertiary/aromatic N) is 1. The first-order valence-corrected chi connectivity index (χ1v) is 8.71. The van der Waals surface area contributed by atoms with Crippen LogP contribution in [0.1, 0.15) is 18.1 Å². The molecule has 0 aliphatic heterocycles. The Labute approximate surface area is 155 Å². The van der Waals surface area contributed by atoms with E-state index in [1.54, 1.807) is 6.21 Å². The summed E-state index contributed by atoms with van der Waals surface area (Å²) in [5.41, 5.74) is 5.48. The van der Waals surface area contributed by atoms with Gasteiger partial charge < -0.3 is 10.1 Å². The molecular formula is C18H20IN3O2. The SMILES string of the molecule is CCOc1ccc(C=NNC(=O)CNc2ccc(I)c(C)c2)cc1. The van der Waals surface area contributed by atoms with Crippen molar-refractivity contribution in [3.05, 3.63) is 57.2 Å². The Morgan fingerprint density at radius 2 is 2.00 bits per heavy atom. The number of aryl methyl sites for hydroxylation is 1. The van der Waals surface area contributed by atoms with Gasteiger partial charge in [0.15, 0.2) is 0 Å². The van der Waals surface area contributed by atoms with Crippen LogP contribution >= 0.6 is 22.6 Å². The highest BCUT2D eigenvalue weighted by Crippen LogP contribution is 2.16. The Morgan fingerprint density at radius 1 is 1.25 bits per heavy atom. The van der Waals surface area contributed by atoms with Crippen molar-refractivity contribution in [2.75, 3.05) is 18.5 Å². The number of hydrazone groups is 1. The van der Waals surface area contributed by atoms with Crippen LogP contribution in [-0.4, -0.2) is 25.3 Å². The number of carbonyl (C=O) groups excluding carboxylic acids is 1. The summed E-state index contributed by atoms with van der Waals surface area (Å²) < 4.78 is 6.57. The highest BCUT2D eigenvalue weighted by molar-refractivity contribution is 14.1. The molecule has 0 spiro atoms. The minimum Gasteiger partial charge on any atom is -0.494 e. The summed E-state index contributed by atoms with van der Waals surface area (Å²) in [4.78, 5) is 11.8. The van der Waals surface area contributed by atoms with Crippen molar-refractivity contribution in [3.63, 3.8) is 0 Å². The lowest BCUT2D eigenvalue weighted by Gasteiger charge is -2.07. The van der Waals surface area contributed by atoms with E-state index in [1.165, 1.54) is 9.13 Å². The maximum Gasteiger partial charge on any atom is 0.259 e. The number of rotatable bonds is 7. The van der Waals surface area contributed by atoms with Gasteiger partial charge in [-0.2, -0.15) is 5.10 Å². The van der Waals surface area contributed by atoms with E-state index in [9.17, 15) is 4.79 Å². The quantitative estimate of drug-likeness (QED) is 0.396. The smallest absolute Gasteiger partial charge is 0.259 e. The molecule has 5 nitrogen and oxygen atoms in total. The van der Waals surface area contributed by atoms with Gasteiger partial charge in [0.2, 0.25) is 0 Å². The normalized spacial score (nSPS) is 10.6. The van der Waals surface area contributed by atoms with E-state index >= 15 is 0 Å². The van der Waals surface area contributed by atoms with Crippen molar-refractivity contribution in [1.82, 2.24) is 5.43 Å². The van der Waals surface area contributed by atoms with Crippen molar-refractivity contribution in [1.29, 1.82) is 0 Å². The molecule has 2 rings (SSSR count). The summed E-state index contributed by atoms with van der Waals surface area (Å²) in [6, 6.07) is 13.5. The summed E-state index contributed by atoms with van der Waals surface area (Å²) in [5.74, 6) is 0.615. The summed E-state index contributed by atoms with van der Waals surface area (Å²) in [7, 11) is 0. The third-order valence-electron chi connectivity index (χ3n) is 3.20. The minimum absolute atomic E-state index is 0.167. The Bertz CT molecular complexity index is 715. The lowest BCUT2D eigenvalue weighted by atomic mass is 10.2. The van der Waals surface area contributed by atoms with Crippen LogP contribution in [-0.2, 0) is 4.79 Å². The van der Waals surface area contributed by atoms with E-state index in [4.69, 9.17) is 4.74 Å². The van der Waals surface area contributed by atoms with Gasteiger partial charge in [-0.15, -0.1) is 0 Å². The zero-order chi connectivity index (χ0) is 17.4. The van der Waals surface area contributed by atoms with E-state index < -0.39 is 0 Å². The van der Waals surface area contributed by atoms with E-state index in [0.717, 1.165) is 17.0 Å². The number of nitrogens with one attached hydrogen (secondary N) is 2. The van der Waals surface area contributed by atoms with Crippen molar-refractivity contribution in [2.45, 2.75) is 13.8 Å². The highest BCUT2D eigenvalue weighted by atomic mass is 127. The van der Waals surface area contributed by atoms with Crippen LogP contribution < -0.4 is 15.5 Å². The third kappa shape index (κ3) is 5.84. The van der Waals surface area contributed by atoms with Gasteiger partial charge in [0, 0.05) is 9.26 Å². The first kappa shape index (κ1) is 18.3. The number of ether oxygens (including phenoxy) is 1. The van der Waals surface area contributed by atoms with Crippen LogP contribution in [0, 0.1) is 10.5 Å². The zero-order valence-electron chi connectivity index (χ0n) is 13.7. The molecule has 6 heteroatoms. The molecule has 1 amide bonds. The number of amides is 1. The lowest BCUT2D eigenvalue weighted by Crippen LogP contribution is -2.25. The van der Waals surface area contributed by atoms with Gasteiger partial charge in [0.05, 0.1) is 19.4 Å². The fourth-order valence-corrected chi connectivity index (χ4v) is 2.31. The van der Waals surface area contributed by atoms with E-state index in [2.05, 4.69) is 38.4 Å². The van der Waals surface area contributed by atoms with E-state index in [-0.39, 0.29) is 12.5 Å². The second-order valence-electron chi connectivity index (χ2n) is 5.11. The third-order valence-corrected chi connectivity index (χ3v) is 4.42. The van der Waals surface area contributed by atoms with Gasteiger partial charge >= 0.3 is 0 Å². The lowest BCUT2D eigenvalue weighted by molar-refractivity contribution is -0.119. The molecule has 0 aliphatic rings. The molecule has 0 atom stereocenters. The van der Waals surface area contributed by atoms with Gasteiger partial charge in [-0.25, -0.2) is 5.43 Å². The number of benzene rings is 2. The largest absolute Gasteiger partial charge is 0.494 e. The number of halogens is 1. The molecule has 0 aliphatic carbocycles. The van der Waals surface area contributed by atoms with Gasteiger partial charge in [0.25, 0.3) is 5.91 Å². The van der Waals surface area contributed by atoms with E-state index in [1.807, 2.05) is 56.3 Å². The molecule has 0 aromatic heterocycles. The second-order valence-corrected chi connectivity index (χ2v) is 6.27. The van der Waals surface area contributed by atoms with E-state index in [0.29, 0.717) is 6.61 Å². The van der Waals surface area contributed by atoms with Gasteiger partial charge in [0.1, 0.15) is 5.75 Å². The molecule has 0 saturated heterocycles. The predicted molar refractivity (Wildman–Crippen MR) is 106 cm³/mol. The molecule has 2 aromatic carbocycles. The molecule has 126 valence electrons. The standard InChI is InChI=1S/C18H20IN3O2/c1-3-24-16-7-4-14(5-8-16)11-21-22-18(23)12-20-15-6-9-17(19)13(2)10-15/h4-11,20H,3,12H2,1-2H3,(H,22,23). The highest BCUT2D eigenvalue weighted by Gasteiger charge is 2.01. The average molecular weight is 437 g/mol. The fourth-order valence-electron chi connectivity index (χ4n) is 1.97. The maximum absolute atomic E-state index is 11.8. The van der Waals surface area contributed by atoms with Gasteiger partial charge in [-0.05, 0) is 90.0 Å². The van der Waals surface area contributed by atoms with Crippen molar-refractivity contribution < 1.29 is 9.53 Å². The number of hydrogen-bond donors (Lipinski definition) is 2. The predicted octanol–water partition coefficient (Wildman–Crippen LogP) is 3.56. The summed E-state index contributed by atoms with van der Waals surface area (Å²) in [6.45, 7) is 4.78. The first-order valence-electron chi connectivity index (χ1n) is 7.63. The second kappa shape index (κ2) is 9.27. The van der Waals surface area contributed by atoms with Crippen LogP contribution in [0.3, 0.4) is 0 Å². The Kier molecular flexibility index (Phi) is 7.05. The summed E-state index contributed by atoms with van der Waals surface area (Å²) in [5, 5.41) is 7.03. The summed E-state index contributed by atoms with van der Waals surface area (Å²) >= 11 is 2.28. The Hall–Kier alpha value is -2.09. The average Bonchev–Trinajstić information content (AvgIpc) is 2.58. The molecule has 0 saturated carbocycles. The molecular weight excluding hydrogens is 417 g/mol. The molecule has 2 N–H and O–H groups in total. The number of anilines is 1. The molecule has 0 bridgehead atoms. The van der Waals surface area contributed by atoms with Crippen molar-refractivity contribution in [2.24, 2.45) is 5.10 Å².